The highest BCUT2D eigenvalue weighted by molar-refractivity contribution is 5.94. The van der Waals surface area contributed by atoms with Gasteiger partial charge in [0.05, 0.1) is 5.69 Å². The Labute approximate surface area is 166 Å². The second-order valence-electron chi connectivity index (χ2n) is 6.94. The van der Waals surface area contributed by atoms with Crippen molar-refractivity contribution in [2.24, 2.45) is 0 Å². The summed E-state index contributed by atoms with van der Waals surface area (Å²) in [6, 6.07) is 17.6. The normalized spacial score (nSPS) is 10.5. The zero-order chi connectivity index (χ0) is 19.9. The van der Waals surface area contributed by atoms with Gasteiger partial charge in [0.2, 0.25) is 0 Å². The van der Waals surface area contributed by atoms with Crippen molar-refractivity contribution in [3.63, 3.8) is 0 Å². The molecule has 0 unspecified atom stereocenters. The molecule has 0 radical (unpaired) electrons. The summed E-state index contributed by atoms with van der Waals surface area (Å²) in [6.45, 7) is 4.96. The maximum atomic E-state index is 12.4. The van der Waals surface area contributed by atoms with Crippen LogP contribution in [-0.2, 0) is 0 Å². The van der Waals surface area contributed by atoms with Crippen molar-refractivity contribution in [3.05, 3.63) is 72.1 Å². The smallest absolute Gasteiger partial charge is 0.253 e. The summed E-state index contributed by atoms with van der Waals surface area (Å²) in [5, 5.41) is 3.28. The molecule has 0 saturated heterocycles. The highest BCUT2D eigenvalue weighted by Gasteiger charge is 2.11. The van der Waals surface area contributed by atoms with Crippen molar-refractivity contribution in [2.45, 2.75) is 26.7 Å². The molecule has 1 aromatic heterocycles. The molecule has 3 aromatic rings. The van der Waals surface area contributed by atoms with Gasteiger partial charge in [-0.3, -0.25) is 4.79 Å². The first-order valence-electron chi connectivity index (χ1n) is 9.58. The van der Waals surface area contributed by atoms with Gasteiger partial charge in [-0.2, -0.15) is 0 Å². The number of benzene rings is 2. The van der Waals surface area contributed by atoms with Crippen LogP contribution in [0.15, 0.2) is 60.9 Å². The van der Waals surface area contributed by atoms with E-state index in [1.165, 1.54) is 5.56 Å². The monoisotopic (exact) mass is 374 g/mol. The van der Waals surface area contributed by atoms with E-state index in [4.69, 9.17) is 0 Å². The Morgan fingerprint density at radius 2 is 1.75 bits per heavy atom. The number of aromatic nitrogens is 2. The van der Waals surface area contributed by atoms with Crippen LogP contribution < -0.4 is 5.32 Å². The number of anilines is 2. The van der Waals surface area contributed by atoms with E-state index in [2.05, 4.69) is 53.4 Å². The van der Waals surface area contributed by atoms with Crippen molar-refractivity contribution in [2.75, 3.05) is 18.9 Å². The predicted octanol–water partition coefficient (Wildman–Crippen LogP) is 5.07. The molecule has 3 rings (SSSR count). The predicted molar refractivity (Wildman–Crippen MR) is 114 cm³/mol. The largest absolute Gasteiger partial charge is 0.342 e. The van der Waals surface area contributed by atoms with Crippen LogP contribution in [0.5, 0.6) is 0 Å². The van der Waals surface area contributed by atoms with Crippen LogP contribution in [0.25, 0.3) is 11.3 Å². The van der Waals surface area contributed by atoms with Crippen LogP contribution >= 0.6 is 0 Å². The Balaban J connectivity index is 1.70. The topological polar surface area (TPSA) is 58.1 Å². The molecule has 1 amide bonds. The fourth-order valence-corrected chi connectivity index (χ4v) is 2.87. The fourth-order valence-electron chi connectivity index (χ4n) is 2.87. The van der Waals surface area contributed by atoms with E-state index in [1.54, 1.807) is 11.2 Å². The third-order valence-electron chi connectivity index (χ3n) is 4.61. The Morgan fingerprint density at radius 3 is 2.43 bits per heavy atom. The van der Waals surface area contributed by atoms with Crippen molar-refractivity contribution in [3.8, 4) is 11.3 Å². The standard InChI is InChI=1S/C23H26N4O/c1-4-5-14-27(3)23(28)19-10-12-20(13-11-19)26-22-15-21(24-16-25-22)18-8-6-17(2)7-9-18/h6-13,15-16H,4-5,14H2,1-3H3,(H,24,25,26). The molecule has 2 aromatic carbocycles. The van der Waals surface area contributed by atoms with E-state index >= 15 is 0 Å². The van der Waals surface area contributed by atoms with Gasteiger partial charge in [-0.1, -0.05) is 43.2 Å². The number of nitrogens with zero attached hydrogens (tertiary/aromatic N) is 3. The van der Waals surface area contributed by atoms with Gasteiger partial charge in [0.1, 0.15) is 12.1 Å². The SMILES string of the molecule is CCCCN(C)C(=O)c1ccc(Nc2cc(-c3ccc(C)cc3)ncn2)cc1. The minimum absolute atomic E-state index is 0.0451. The van der Waals surface area contributed by atoms with Crippen LogP contribution in [0, 0.1) is 6.92 Å². The first-order chi connectivity index (χ1) is 13.6. The van der Waals surface area contributed by atoms with Gasteiger partial charge in [-0.15, -0.1) is 0 Å². The summed E-state index contributed by atoms with van der Waals surface area (Å²) in [6.07, 6.45) is 3.64. The zero-order valence-electron chi connectivity index (χ0n) is 16.6. The minimum atomic E-state index is 0.0451. The Hall–Kier alpha value is -3.21. The number of rotatable bonds is 7. The van der Waals surface area contributed by atoms with Gasteiger partial charge in [0.25, 0.3) is 5.91 Å². The highest BCUT2D eigenvalue weighted by atomic mass is 16.2. The Bertz CT molecular complexity index is 920. The van der Waals surface area contributed by atoms with Crippen LogP contribution in [0.4, 0.5) is 11.5 Å². The first kappa shape index (κ1) is 19.5. The fraction of sp³-hybridized carbons (Fsp3) is 0.261. The molecule has 144 valence electrons. The number of amides is 1. The number of hydrogen-bond donors (Lipinski definition) is 1. The zero-order valence-corrected chi connectivity index (χ0v) is 16.6. The number of carbonyl (C=O) groups is 1. The number of hydrogen-bond acceptors (Lipinski definition) is 4. The summed E-state index contributed by atoms with van der Waals surface area (Å²) in [5.41, 5.74) is 4.69. The highest BCUT2D eigenvalue weighted by Crippen LogP contribution is 2.22. The third-order valence-corrected chi connectivity index (χ3v) is 4.61. The van der Waals surface area contributed by atoms with Crippen LogP contribution in [-0.4, -0.2) is 34.4 Å². The molecule has 0 aliphatic carbocycles. The lowest BCUT2D eigenvalue weighted by atomic mass is 10.1. The minimum Gasteiger partial charge on any atom is -0.342 e. The first-order valence-corrected chi connectivity index (χ1v) is 9.58. The molecule has 1 heterocycles. The van der Waals surface area contributed by atoms with Crippen molar-refractivity contribution in [1.29, 1.82) is 0 Å². The molecule has 0 bridgehead atoms. The molecular formula is C23H26N4O. The number of nitrogens with one attached hydrogen (secondary N) is 1. The summed E-state index contributed by atoms with van der Waals surface area (Å²) in [7, 11) is 1.84. The summed E-state index contributed by atoms with van der Waals surface area (Å²) >= 11 is 0. The molecule has 28 heavy (non-hydrogen) atoms. The van der Waals surface area contributed by atoms with E-state index in [1.807, 2.05) is 37.4 Å². The van der Waals surface area contributed by atoms with Crippen LogP contribution in [0.2, 0.25) is 0 Å². The lowest BCUT2D eigenvalue weighted by Gasteiger charge is -2.17. The number of unbranched alkanes of at least 4 members (excludes halogenated alkanes) is 1. The molecule has 0 saturated carbocycles. The van der Waals surface area contributed by atoms with Gasteiger partial charge in [-0.25, -0.2) is 9.97 Å². The molecule has 5 heteroatoms. The molecule has 0 spiro atoms. The molecule has 0 fully saturated rings. The maximum absolute atomic E-state index is 12.4. The Kier molecular flexibility index (Phi) is 6.37. The summed E-state index contributed by atoms with van der Waals surface area (Å²) in [4.78, 5) is 22.9. The quantitative estimate of drug-likeness (QED) is 0.627. The second kappa shape index (κ2) is 9.13. The van der Waals surface area contributed by atoms with E-state index in [0.29, 0.717) is 11.4 Å². The van der Waals surface area contributed by atoms with Gasteiger partial charge >= 0.3 is 0 Å². The van der Waals surface area contributed by atoms with Crippen molar-refractivity contribution >= 4 is 17.4 Å². The summed E-state index contributed by atoms with van der Waals surface area (Å²) in [5.74, 6) is 0.758. The van der Waals surface area contributed by atoms with E-state index in [0.717, 1.165) is 36.3 Å². The molecule has 0 aliphatic rings. The van der Waals surface area contributed by atoms with Gasteiger partial charge in [-0.05, 0) is 37.6 Å². The molecule has 0 atom stereocenters. The molecule has 0 aliphatic heterocycles. The lowest BCUT2D eigenvalue weighted by Crippen LogP contribution is -2.27. The van der Waals surface area contributed by atoms with E-state index < -0.39 is 0 Å². The second-order valence-corrected chi connectivity index (χ2v) is 6.94. The van der Waals surface area contributed by atoms with Gasteiger partial charge < -0.3 is 10.2 Å². The summed E-state index contributed by atoms with van der Waals surface area (Å²) < 4.78 is 0. The average molecular weight is 374 g/mol. The van der Waals surface area contributed by atoms with Crippen LogP contribution in [0.3, 0.4) is 0 Å². The van der Waals surface area contributed by atoms with E-state index in [9.17, 15) is 4.79 Å². The average Bonchev–Trinajstić information content (AvgIpc) is 2.73. The molecular weight excluding hydrogens is 348 g/mol. The Morgan fingerprint density at radius 1 is 1.04 bits per heavy atom. The number of aryl methyl sites for hydroxylation is 1. The third kappa shape index (κ3) is 4.94. The molecule has 5 nitrogen and oxygen atoms in total. The number of carbonyl (C=O) groups excluding carboxylic acids is 1. The van der Waals surface area contributed by atoms with E-state index in [-0.39, 0.29) is 5.91 Å². The lowest BCUT2D eigenvalue weighted by molar-refractivity contribution is 0.0793. The van der Waals surface area contributed by atoms with Gasteiger partial charge in [0.15, 0.2) is 0 Å². The van der Waals surface area contributed by atoms with Crippen LogP contribution in [0.1, 0.15) is 35.7 Å². The van der Waals surface area contributed by atoms with Crippen molar-refractivity contribution < 1.29 is 4.79 Å². The van der Waals surface area contributed by atoms with Crippen molar-refractivity contribution in [1.82, 2.24) is 14.9 Å². The van der Waals surface area contributed by atoms with Gasteiger partial charge in [0, 0.05) is 36.5 Å². The molecule has 1 N–H and O–H groups in total. The maximum Gasteiger partial charge on any atom is 0.253 e.